The van der Waals surface area contributed by atoms with Crippen LogP contribution in [0.1, 0.15) is 72.6 Å². The fourth-order valence-electron chi connectivity index (χ4n) is 1.95. The Labute approximate surface area is 107 Å². The van der Waals surface area contributed by atoms with Gasteiger partial charge in [-0.2, -0.15) is 0 Å². The summed E-state index contributed by atoms with van der Waals surface area (Å²) in [7, 11) is 0. The summed E-state index contributed by atoms with van der Waals surface area (Å²) in [4.78, 5) is 11.7. The van der Waals surface area contributed by atoms with E-state index in [1.54, 1.807) is 0 Å². The van der Waals surface area contributed by atoms with Crippen molar-refractivity contribution in [1.29, 1.82) is 0 Å². The quantitative estimate of drug-likeness (QED) is 0.524. The molecule has 0 aromatic rings. The molecule has 0 spiro atoms. The van der Waals surface area contributed by atoms with Crippen molar-refractivity contribution in [2.45, 2.75) is 72.6 Å². The second-order valence-corrected chi connectivity index (χ2v) is 5.40. The first-order valence-electron chi connectivity index (χ1n) is 7.25. The molecule has 0 aromatic heterocycles. The van der Waals surface area contributed by atoms with Gasteiger partial charge in [0.15, 0.2) is 0 Å². The fraction of sp³-hybridized carbons (Fsp3) is 0.933. The molecule has 102 valence electrons. The largest absolute Gasteiger partial charge is 0.466 e. The molecule has 0 radical (unpaired) electrons. The molecule has 0 amide bonds. The first-order valence-corrected chi connectivity index (χ1v) is 7.25. The lowest BCUT2D eigenvalue weighted by Gasteiger charge is -2.15. The van der Waals surface area contributed by atoms with Crippen molar-refractivity contribution in [2.75, 3.05) is 6.61 Å². The second-order valence-electron chi connectivity index (χ2n) is 5.40. The highest BCUT2D eigenvalue weighted by molar-refractivity contribution is 5.69. The van der Waals surface area contributed by atoms with Crippen molar-refractivity contribution in [3.8, 4) is 0 Å². The fourth-order valence-corrected chi connectivity index (χ4v) is 1.95. The van der Waals surface area contributed by atoms with Gasteiger partial charge in [0.05, 0.1) is 6.61 Å². The zero-order valence-electron chi connectivity index (χ0n) is 12.1. The van der Waals surface area contributed by atoms with Crippen LogP contribution < -0.4 is 0 Å². The Morgan fingerprint density at radius 1 is 1.06 bits per heavy atom. The van der Waals surface area contributed by atoms with Crippen LogP contribution in [0.15, 0.2) is 0 Å². The van der Waals surface area contributed by atoms with Gasteiger partial charge in [0, 0.05) is 6.42 Å². The van der Waals surface area contributed by atoms with Crippen LogP contribution in [0.25, 0.3) is 0 Å². The maximum absolute atomic E-state index is 11.7. The number of carbonyl (C=O) groups is 1. The summed E-state index contributed by atoms with van der Waals surface area (Å²) in [6.07, 6.45) is 7.51. The van der Waals surface area contributed by atoms with E-state index in [9.17, 15) is 4.79 Å². The van der Waals surface area contributed by atoms with Gasteiger partial charge >= 0.3 is 5.97 Å². The molecule has 0 saturated heterocycles. The smallest absolute Gasteiger partial charge is 0.306 e. The Morgan fingerprint density at radius 2 is 1.76 bits per heavy atom. The second kappa shape index (κ2) is 10.6. The van der Waals surface area contributed by atoms with E-state index in [0.717, 1.165) is 19.3 Å². The van der Waals surface area contributed by atoms with E-state index in [4.69, 9.17) is 4.74 Å². The average Bonchev–Trinajstić information content (AvgIpc) is 2.25. The molecule has 0 aromatic carbocycles. The average molecular weight is 242 g/mol. The van der Waals surface area contributed by atoms with Crippen molar-refractivity contribution in [1.82, 2.24) is 0 Å². The van der Waals surface area contributed by atoms with Crippen molar-refractivity contribution in [2.24, 2.45) is 11.8 Å². The highest BCUT2D eigenvalue weighted by atomic mass is 16.5. The Morgan fingerprint density at radius 3 is 2.29 bits per heavy atom. The van der Waals surface area contributed by atoms with Crippen LogP contribution >= 0.6 is 0 Å². The molecule has 1 unspecified atom stereocenters. The highest BCUT2D eigenvalue weighted by Gasteiger charge is 2.13. The first-order chi connectivity index (χ1) is 8.10. The summed E-state index contributed by atoms with van der Waals surface area (Å²) in [5.74, 6) is 1.14. The highest BCUT2D eigenvalue weighted by Crippen LogP contribution is 2.19. The molecule has 0 aliphatic rings. The van der Waals surface area contributed by atoms with Gasteiger partial charge < -0.3 is 4.74 Å². The Kier molecular flexibility index (Phi) is 10.3. The third kappa shape index (κ3) is 10.3. The van der Waals surface area contributed by atoms with Crippen LogP contribution in [0.4, 0.5) is 0 Å². The van der Waals surface area contributed by atoms with Gasteiger partial charge in [-0.1, -0.05) is 53.4 Å². The summed E-state index contributed by atoms with van der Waals surface area (Å²) in [6.45, 7) is 9.26. The third-order valence-corrected chi connectivity index (χ3v) is 3.08. The number of hydrogen-bond donors (Lipinski definition) is 0. The summed E-state index contributed by atoms with van der Waals surface area (Å²) >= 11 is 0. The number of unbranched alkanes of at least 4 members (excludes halogenated alkanes) is 1. The van der Waals surface area contributed by atoms with Crippen molar-refractivity contribution in [3.05, 3.63) is 0 Å². The zero-order chi connectivity index (χ0) is 13.1. The molecule has 0 N–H and O–H groups in total. The summed E-state index contributed by atoms with van der Waals surface area (Å²) in [5.41, 5.74) is 0. The van der Waals surface area contributed by atoms with E-state index in [1.807, 2.05) is 0 Å². The summed E-state index contributed by atoms with van der Waals surface area (Å²) in [6, 6.07) is 0. The van der Waals surface area contributed by atoms with Crippen LogP contribution in [-0.4, -0.2) is 12.6 Å². The van der Waals surface area contributed by atoms with E-state index < -0.39 is 0 Å². The van der Waals surface area contributed by atoms with Gasteiger partial charge in [-0.3, -0.25) is 4.79 Å². The predicted molar refractivity (Wildman–Crippen MR) is 73.0 cm³/mol. The van der Waals surface area contributed by atoms with Crippen LogP contribution in [0, 0.1) is 11.8 Å². The van der Waals surface area contributed by atoms with Gasteiger partial charge in [0.1, 0.15) is 0 Å². The van der Waals surface area contributed by atoms with E-state index >= 15 is 0 Å². The maximum Gasteiger partial charge on any atom is 0.306 e. The van der Waals surface area contributed by atoms with Crippen molar-refractivity contribution < 1.29 is 9.53 Å². The molecule has 0 fully saturated rings. The normalized spacial score (nSPS) is 12.8. The number of rotatable bonds is 10. The van der Waals surface area contributed by atoms with Gasteiger partial charge in [-0.15, -0.1) is 0 Å². The molecule has 1 atom stereocenters. The molecule has 0 bridgehead atoms. The number of ether oxygens (including phenoxy) is 1. The Balaban J connectivity index is 3.77. The zero-order valence-corrected chi connectivity index (χ0v) is 12.1. The standard InChI is InChI=1S/C15H30O2/c1-5-7-9-14(8-6-2)12-15(16)17-11-10-13(3)4/h13-14H,5-12H2,1-4H3. The number of hydrogen-bond acceptors (Lipinski definition) is 2. The lowest BCUT2D eigenvalue weighted by atomic mass is 9.94. The summed E-state index contributed by atoms with van der Waals surface area (Å²) < 4.78 is 5.27. The molecule has 2 heteroatoms. The van der Waals surface area contributed by atoms with Gasteiger partial charge in [-0.05, 0) is 24.7 Å². The lowest BCUT2D eigenvalue weighted by molar-refractivity contribution is -0.145. The number of esters is 1. The minimum Gasteiger partial charge on any atom is -0.466 e. The molecule has 0 aliphatic carbocycles. The molecular formula is C15H30O2. The summed E-state index contributed by atoms with van der Waals surface area (Å²) in [5, 5.41) is 0. The lowest BCUT2D eigenvalue weighted by Crippen LogP contribution is -2.13. The Bertz CT molecular complexity index is 187. The monoisotopic (exact) mass is 242 g/mol. The Hall–Kier alpha value is -0.530. The van der Waals surface area contributed by atoms with Crippen LogP contribution in [0.3, 0.4) is 0 Å². The van der Waals surface area contributed by atoms with Crippen molar-refractivity contribution in [3.63, 3.8) is 0 Å². The van der Waals surface area contributed by atoms with E-state index in [2.05, 4.69) is 27.7 Å². The molecule has 0 aliphatic heterocycles. The van der Waals surface area contributed by atoms with Gasteiger partial charge in [-0.25, -0.2) is 0 Å². The predicted octanol–water partition coefficient (Wildman–Crippen LogP) is 4.57. The third-order valence-electron chi connectivity index (χ3n) is 3.08. The van der Waals surface area contributed by atoms with Crippen molar-refractivity contribution >= 4 is 5.97 Å². The molecule has 0 rings (SSSR count). The van der Waals surface area contributed by atoms with Crippen LogP contribution in [-0.2, 0) is 9.53 Å². The molecule has 17 heavy (non-hydrogen) atoms. The molecule has 0 saturated carbocycles. The van der Waals surface area contributed by atoms with Gasteiger partial charge in [0.2, 0.25) is 0 Å². The minimum atomic E-state index is 0.000188. The topological polar surface area (TPSA) is 26.3 Å². The van der Waals surface area contributed by atoms with Crippen LogP contribution in [0.2, 0.25) is 0 Å². The van der Waals surface area contributed by atoms with E-state index in [1.165, 1.54) is 19.3 Å². The van der Waals surface area contributed by atoms with Gasteiger partial charge in [0.25, 0.3) is 0 Å². The first kappa shape index (κ1) is 16.5. The number of carbonyl (C=O) groups excluding carboxylic acids is 1. The van der Waals surface area contributed by atoms with Crippen LogP contribution in [0.5, 0.6) is 0 Å². The van der Waals surface area contributed by atoms with E-state index in [0.29, 0.717) is 24.9 Å². The molecule has 0 heterocycles. The molecule has 2 nitrogen and oxygen atoms in total. The molecular weight excluding hydrogens is 212 g/mol. The SMILES string of the molecule is CCCCC(CCC)CC(=O)OCCC(C)C. The van der Waals surface area contributed by atoms with E-state index in [-0.39, 0.29) is 5.97 Å². The minimum absolute atomic E-state index is 0.000188. The maximum atomic E-state index is 11.7.